The molecule has 142 valence electrons. The Morgan fingerprint density at radius 3 is 2.61 bits per heavy atom. The molecule has 0 atom stereocenters. The summed E-state index contributed by atoms with van der Waals surface area (Å²) < 4.78 is 1.73. The molecule has 4 aromatic rings. The van der Waals surface area contributed by atoms with Gasteiger partial charge in [0.2, 0.25) is 0 Å². The van der Waals surface area contributed by atoms with Crippen LogP contribution in [0.2, 0.25) is 5.02 Å². The van der Waals surface area contributed by atoms with E-state index in [1.54, 1.807) is 40.4 Å². The SMILES string of the molecule is Cc1nn(C)c2sc(C(=O)Nc3csc(-c4ccc(Cl)cc4)c3C(=O)O)cc12. The van der Waals surface area contributed by atoms with Gasteiger partial charge in [-0.2, -0.15) is 5.10 Å². The predicted molar refractivity (Wildman–Crippen MR) is 113 cm³/mol. The van der Waals surface area contributed by atoms with E-state index >= 15 is 0 Å². The van der Waals surface area contributed by atoms with Crippen LogP contribution >= 0.6 is 34.3 Å². The first-order valence-electron chi connectivity index (χ1n) is 8.20. The smallest absolute Gasteiger partial charge is 0.339 e. The van der Waals surface area contributed by atoms with Crippen LogP contribution in [0.1, 0.15) is 25.7 Å². The van der Waals surface area contributed by atoms with Crippen LogP contribution in [0.25, 0.3) is 20.7 Å². The Bertz CT molecular complexity index is 1190. The van der Waals surface area contributed by atoms with Crippen molar-refractivity contribution < 1.29 is 14.7 Å². The van der Waals surface area contributed by atoms with Crippen LogP contribution in [0.4, 0.5) is 5.69 Å². The number of nitrogens with zero attached hydrogens (tertiary/aromatic N) is 2. The first kappa shape index (κ1) is 18.7. The molecule has 1 aromatic carbocycles. The van der Waals surface area contributed by atoms with Gasteiger partial charge < -0.3 is 10.4 Å². The van der Waals surface area contributed by atoms with Gasteiger partial charge in [0.15, 0.2) is 0 Å². The first-order chi connectivity index (χ1) is 13.3. The number of halogens is 1. The summed E-state index contributed by atoms with van der Waals surface area (Å²) in [6.07, 6.45) is 0. The third-order valence-corrected chi connectivity index (χ3v) is 6.76. The van der Waals surface area contributed by atoms with Crippen LogP contribution in [0.15, 0.2) is 35.7 Å². The number of aromatic carboxylic acids is 1. The largest absolute Gasteiger partial charge is 0.478 e. The number of fused-ring (bicyclic) bond motifs is 1. The standard InChI is InChI=1S/C19H14ClN3O3S2/c1-9-12-7-14(28-18(12)23(2)22-9)17(24)21-13-8-27-16(15(13)19(25)26)10-3-5-11(20)6-4-10/h3-8H,1-2H3,(H,21,24)(H,25,26). The van der Waals surface area contributed by atoms with Crippen molar-refractivity contribution in [3.8, 4) is 10.4 Å². The van der Waals surface area contributed by atoms with E-state index in [-0.39, 0.29) is 17.2 Å². The zero-order valence-corrected chi connectivity index (χ0v) is 17.2. The lowest BCUT2D eigenvalue weighted by Crippen LogP contribution is -2.12. The van der Waals surface area contributed by atoms with E-state index in [2.05, 4.69) is 10.4 Å². The summed E-state index contributed by atoms with van der Waals surface area (Å²) in [5.41, 5.74) is 1.93. The zero-order valence-electron chi connectivity index (χ0n) is 14.8. The van der Waals surface area contributed by atoms with Gasteiger partial charge >= 0.3 is 5.97 Å². The Kier molecular flexibility index (Phi) is 4.70. The Morgan fingerprint density at radius 1 is 1.25 bits per heavy atom. The summed E-state index contributed by atoms with van der Waals surface area (Å²) in [7, 11) is 1.83. The number of rotatable bonds is 4. The summed E-state index contributed by atoms with van der Waals surface area (Å²) in [5.74, 6) is -1.44. The number of anilines is 1. The van der Waals surface area contributed by atoms with Crippen molar-refractivity contribution in [3.05, 3.63) is 56.9 Å². The zero-order chi connectivity index (χ0) is 20.0. The molecule has 0 unspecified atom stereocenters. The average Bonchev–Trinajstić information content (AvgIpc) is 3.32. The van der Waals surface area contributed by atoms with Gasteiger partial charge in [-0.1, -0.05) is 23.7 Å². The number of aryl methyl sites for hydroxylation is 2. The molecule has 3 heterocycles. The fourth-order valence-electron chi connectivity index (χ4n) is 2.98. The van der Waals surface area contributed by atoms with Gasteiger partial charge in [0, 0.05) is 22.8 Å². The van der Waals surface area contributed by atoms with Crippen LogP contribution in [-0.4, -0.2) is 26.8 Å². The van der Waals surface area contributed by atoms with Crippen molar-refractivity contribution in [2.45, 2.75) is 6.92 Å². The molecule has 0 aliphatic rings. The lowest BCUT2D eigenvalue weighted by Gasteiger charge is -2.05. The fraction of sp³-hybridized carbons (Fsp3) is 0.105. The summed E-state index contributed by atoms with van der Waals surface area (Å²) in [6.45, 7) is 1.89. The number of nitrogens with one attached hydrogen (secondary N) is 1. The van der Waals surface area contributed by atoms with Crippen LogP contribution in [0.5, 0.6) is 0 Å². The highest BCUT2D eigenvalue weighted by atomic mass is 35.5. The molecule has 28 heavy (non-hydrogen) atoms. The predicted octanol–water partition coefficient (Wildman–Crippen LogP) is 5.28. The van der Waals surface area contributed by atoms with Crippen molar-refractivity contribution in [2.24, 2.45) is 7.05 Å². The van der Waals surface area contributed by atoms with Gasteiger partial charge in [-0.15, -0.1) is 22.7 Å². The van der Waals surface area contributed by atoms with Crippen molar-refractivity contribution in [1.29, 1.82) is 0 Å². The minimum absolute atomic E-state index is 0.0691. The number of thiophene rings is 2. The topological polar surface area (TPSA) is 84.2 Å². The minimum Gasteiger partial charge on any atom is -0.478 e. The number of hydrogen-bond acceptors (Lipinski definition) is 5. The highest BCUT2D eigenvalue weighted by Crippen LogP contribution is 2.37. The van der Waals surface area contributed by atoms with Crippen LogP contribution in [-0.2, 0) is 7.05 Å². The Balaban J connectivity index is 1.68. The quantitative estimate of drug-likeness (QED) is 0.460. The van der Waals surface area contributed by atoms with Crippen molar-refractivity contribution in [1.82, 2.24) is 9.78 Å². The summed E-state index contributed by atoms with van der Waals surface area (Å²) >= 11 is 8.50. The number of carboxylic acid groups (broad SMARTS) is 1. The molecule has 0 radical (unpaired) electrons. The minimum atomic E-state index is -1.10. The molecule has 0 aliphatic carbocycles. The number of carboxylic acids is 1. The van der Waals surface area contributed by atoms with E-state index in [1.807, 2.05) is 14.0 Å². The number of carbonyl (C=O) groups excluding carboxylic acids is 1. The normalized spacial score (nSPS) is 11.1. The van der Waals surface area contributed by atoms with Gasteiger partial charge in [0.1, 0.15) is 10.4 Å². The number of carbonyl (C=O) groups is 2. The average molecular weight is 432 g/mol. The third kappa shape index (κ3) is 3.19. The molecular formula is C19H14ClN3O3S2. The second-order valence-corrected chi connectivity index (χ2v) is 8.50. The van der Waals surface area contributed by atoms with Crippen molar-refractivity contribution in [3.63, 3.8) is 0 Å². The van der Waals surface area contributed by atoms with E-state index in [0.717, 1.165) is 21.5 Å². The molecular weight excluding hydrogens is 418 g/mol. The Labute approximate surface area is 173 Å². The molecule has 0 spiro atoms. The van der Waals surface area contributed by atoms with Crippen molar-refractivity contribution >= 4 is 62.1 Å². The van der Waals surface area contributed by atoms with Crippen LogP contribution in [0, 0.1) is 6.92 Å². The second kappa shape index (κ2) is 7.05. The van der Waals surface area contributed by atoms with E-state index in [4.69, 9.17) is 11.6 Å². The van der Waals surface area contributed by atoms with Gasteiger partial charge in [-0.3, -0.25) is 9.48 Å². The molecule has 1 amide bonds. The van der Waals surface area contributed by atoms with Crippen LogP contribution < -0.4 is 5.32 Å². The maximum absolute atomic E-state index is 12.7. The van der Waals surface area contributed by atoms with E-state index in [1.165, 1.54) is 22.7 Å². The molecule has 9 heteroatoms. The molecule has 4 rings (SSSR count). The van der Waals surface area contributed by atoms with Gasteiger partial charge in [0.25, 0.3) is 5.91 Å². The molecule has 0 saturated heterocycles. The Morgan fingerprint density at radius 2 is 1.96 bits per heavy atom. The Hall–Kier alpha value is -2.68. The number of benzene rings is 1. The maximum atomic E-state index is 12.7. The highest BCUT2D eigenvalue weighted by Gasteiger charge is 2.22. The van der Waals surface area contributed by atoms with E-state index < -0.39 is 5.97 Å². The summed E-state index contributed by atoms with van der Waals surface area (Å²) in [6, 6.07) is 8.70. The molecule has 0 bridgehead atoms. The molecule has 0 fully saturated rings. The van der Waals surface area contributed by atoms with Gasteiger partial charge in [-0.25, -0.2) is 4.79 Å². The van der Waals surface area contributed by atoms with Crippen molar-refractivity contribution in [2.75, 3.05) is 5.32 Å². The van der Waals surface area contributed by atoms with Gasteiger partial charge in [-0.05, 0) is 30.7 Å². The first-order valence-corrected chi connectivity index (χ1v) is 10.3. The third-order valence-electron chi connectivity index (χ3n) is 4.28. The van der Waals surface area contributed by atoms with Crippen LogP contribution in [0.3, 0.4) is 0 Å². The highest BCUT2D eigenvalue weighted by molar-refractivity contribution is 7.20. The molecule has 2 N–H and O–H groups in total. The number of hydrogen-bond donors (Lipinski definition) is 2. The van der Waals surface area contributed by atoms with E-state index in [0.29, 0.717) is 14.8 Å². The van der Waals surface area contributed by atoms with E-state index in [9.17, 15) is 14.7 Å². The lowest BCUT2D eigenvalue weighted by atomic mass is 10.1. The lowest BCUT2D eigenvalue weighted by molar-refractivity contribution is 0.0699. The molecule has 0 aliphatic heterocycles. The fourth-order valence-corrected chi connectivity index (χ4v) is 5.12. The number of amides is 1. The second-order valence-electron chi connectivity index (χ2n) is 6.16. The summed E-state index contributed by atoms with van der Waals surface area (Å²) in [5, 5.41) is 19.9. The van der Waals surface area contributed by atoms with Gasteiger partial charge in [0.05, 0.1) is 21.1 Å². The molecule has 3 aromatic heterocycles. The summed E-state index contributed by atoms with van der Waals surface area (Å²) in [4.78, 5) is 26.6. The monoisotopic (exact) mass is 431 g/mol. The maximum Gasteiger partial charge on any atom is 0.339 e. The molecule has 0 saturated carbocycles. The molecule has 6 nitrogen and oxygen atoms in total. The number of aromatic nitrogens is 2.